The molecule has 26 heavy (non-hydrogen) atoms. The number of hydrogen-bond donors (Lipinski definition) is 2. The van der Waals surface area contributed by atoms with Gasteiger partial charge in [0.05, 0.1) is 0 Å². The Morgan fingerprint density at radius 1 is 0.731 bits per heavy atom. The standard InChI is InChI=1S/C22H41NO3/c1-2-3-4-5-6-7-8-9-10-11-12-13-14-15-16-17-18-19-21(25)23-22(26)20-24/h18-19,24H,2-17,20H2,1H3,(H,23,25,26). The van der Waals surface area contributed by atoms with E-state index in [0.29, 0.717) is 0 Å². The SMILES string of the molecule is CCCCCCCCCCCCCCCCCC=CC(=O)NC(=O)CO. The van der Waals surface area contributed by atoms with Crippen molar-refractivity contribution in [1.29, 1.82) is 0 Å². The molecule has 0 spiro atoms. The van der Waals surface area contributed by atoms with Gasteiger partial charge in [-0.2, -0.15) is 0 Å². The van der Waals surface area contributed by atoms with Gasteiger partial charge in [-0.1, -0.05) is 103 Å². The minimum Gasteiger partial charge on any atom is -0.387 e. The number of nitrogens with one attached hydrogen (secondary N) is 1. The molecule has 0 saturated carbocycles. The molecule has 0 aromatic rings. The molecule has 0 atom stereocenters. The van der Waals surface area contributed by atoms with Gasteiger partial charge in [0.1, 0.15) is 6.61 Å². The van der Waals surface area contributed by atoms with Gasteiger partial charge in [-0.3, -0.25) is 14.9 Å². The van der Waals surface area contributed by atoms with E-state index >= 15 is 0 Å². The van der Waals surface area contributed by atoms with E-state index in [9.17, 15) is 9.59 Å². The molecular weight excluding hydrogens is 326 g/mol. The Morgan fingerprint density at radius 2 is 1.15 bits per heavy atom. The van der Waals surface area contributed by atoms with Gasteiger partial charge in [0.2, 0.25) is 5.91 Å². The number of aliphatic hydroxyl groups excluding tert-OH is 1. The highest BCUT2D eigenvalue weighted by Gasteiger charge is 2.01. The van der Waals surface area contributed by atoms with Crippen LogP contribution in [0, 0.1) is 0 Å². The van der Waals surface area contributed by atoms with E-state index in [1.54, 1.807) is 6.08 Å². The molecule has 0 aliphatic carbocycles. The smallest absolute Gasteiger partial charge is 0.252 e. The number of carbonyl (C=O) groups excluding carboxylic acids is 2. The second kappa shape index (κ2) is 20.2. The van der Waals surface area contributed by atoms with E-state index in [0.717, 1.165) is 12.8 Å². The summed E-state index contributed by atoms with van der Waals surface area (Å²) in [6, 6.07) is 0. The fourth-order valence-electron chi connectivity index (χ4n) is 3.04. The van der Waals surface area contributed by atoms with Crippen LogP contribution >= 0.6 is 0 Å². The highest BCUT2D eigenvalue weighted by Crippen LogP contribution is 2.13. The highest BCUT2D eigenvalue weighted by atomic mass is 16.3. The number of hydrogen-bond acceptors (Lipinski definition) is 3. The molecule has 0 aromatic heterocycles. The van der Waals surface area contributed by atoms with E-state index in [-0.39, 0.29) is 0 Å². The molecular formula is C22H41NO3. The van der Waals surface area contributed by atoms with Gasteiger partial charge in [-0.15, -0.1) is 0 Å². The van der Waals surface area contributed by atoms with Crippen LogP contribution in [0.2, 0.25) is 0 Å². The van der Waals surface area contributed by atoms with Crippen LogP contribution in [-0.4, -0.2) is 23.5 Å². The molecule has 0 aromatic carbocycles. The maximum Gasteiger partial charge on any atom is 0.252 e. The summed E-state index contributed by atoms with van der Waals surface area (Å²) in [5.41, 5.74) is 0. The first-order valence-electron chi connectivity index (χ1n) is 10.8. The van der Waals surface area contributed by atoms with Gasteiger partial charge >= 0.3 is 0 Å². The zero-order valence-electron chi connectivity index (χ0n) is 16.9. The predicted molar refractivity (Wildman–Crippen MR) is 109 cm³/mol. The van der Waals surface area contributed by atoms with Crippen molar-refractivity contribution in [3.05, 3.63) is 12.2 Å². The molecule has 0 saturated heterocycles. The molecule has 0 unspecified atom stereocenters. The van der Waals surface area contributed by atoms with Crippen molar-refractivity contribution >= 4 is 11.8 Å². The van der Waals surface area contributed by atoms with Crippen molar-refractivity contribution in [2.24, 2.45) is 0 Å². The first kappa shape index (κ1) is 24.8. The van der Waals surface area contributed by atoms with E-state index in [4.69, 9.17) is 5.11 Å². The van der Waals surface area contributed by atoms with Crippen LogP contribution in [0.4, 0.5) is 0 Å². The topological polar surface area (TPSA) is 66.4 Å². The van der Waals surface area contributed by atoms with Crippen molar-refractivity contribution in [1.82, 2.24) is 5.32 Å². The van der Waals surface area contributed by atoms with Crippen LogP contribution in [0.3, 0.4) is 0 Å². The van der Waals surface area contributed by atoms with Gasteiger partial charge in [-0.25, -0.2) is 0 Å². The fourth-order valence-corrected chi connectivity index (χ4v) is 3.04. The van der Waals surface area contributed by atoms with Crippen molar-refractivity contribution in [3.8, 4) is 0 Å². The third-order valence-electron chi connectivity index (χ3n) is 4.65. The number of allylic oxidation sites excluding steroid dienone is 1. The summed E-state index contributed by atoms with van der Waals surface area (Å²) in [4.78, 5) is 22.0. The molecule has 0 radical (unpaired) electrons. The Hall–Kier alpha value is -1.16. The molecule has 152 valence electrons. The minimum absolute atomic E-state index is 0.454. The lowest BCUT2D eigenvalue weighted by atomic mass is 10.0. The molecule has 0 aliphatic heterocycles. The largest absolute Gasteiger partial charge is 0.387 e. The Kier molecular flexibility index (Phi) is 19.3. The highest BCUT2D eigenvalue weighted by molar-refractivity contribution is 6.01. The minimum atomic E-state index is -0.661. The summed E-state index contributed by atoms with van der Waals surface area (Å²) in [5, 5.41) is 10.6. The molecule has 0 heterocycles. The zero-order valence-corrected chi connectivity index (χ0v) is 16.9. The average Bonchev–Trinajstić information content (AvgIpc) is 2.64. The second-order valence-electron chi connectivity index (χ2n) is 7.21. The normalized spacial score (nSPS) is 11.2. The van der Waals surface area contributed by atoms with Gasteiger partial charge in [0, 0.05) is 0 Å². The summed E-state index contributed by atoms with van der Waals surface area (Å²) in [6.07, 6.45) is 24.2. The monoisotopic (exact) mass is 367 g/mol. The molecule has 2 amide bonds. The average molecular weight is 368 g/mol. The molecule has 4 heteroatoms. The van der Waals surface area contributed by atoms with E-state index < -0.39 is 18.4 Å². The molecule has 2 N–H and O–H groups in total. The van der Waals surface area contributed by atoms with Crippen molar-refractivity contribution in [3.63, 3.8) is 0 Å². The van der Waals surface area contributed by atoms with Crippen LogP contribution in [0.15, 0.2) is 12.2 Å². The van der Waals surface area contributed by atoms with Crippen LogP contribution in [0.5, 0.6) is 0 Å². The number of carbonyl (C=O) groups is 2. The lowest BCUT2D eigenvalue weighted by Gasteiger charge is -2.03. The molecule has 0 aliphatic rings. The van der Waals surface area contributed by atoms with Crippen LogP contribution < -0.4 is 5.32 Å². The number of aliphatic hydroxyl groups is 1. The number of unbranched alkanes of at least 4 members (excludes halogenated alkanes) is 15. The van der Waals surface area contributed by atoms with E-state index in [1.807, 2.05) is 0 Å². The molecule has 0 fully saturated rings. The van der Waals surface area contributed by atoms with Crippen molar-refractivity contribution in [2.75, 3.05) is 6.61 Å². The summed E-state index contributed by atoms with van der Waals surface area (Å²) < 4.78 is 0. The third-order valence-corrected chi connectivity index (χ3v) is 4.65. The Bertz CT molecular complexity index is 366. The van der Waals surface area contributed by atoms with Crippen LogP contribution in [0.1, 0.15) is 110 Å². The summed E-state index contributed by atoms with van der Waals surface area (Å²) in [6.45, 7) is 1.61. The first-order chi connectivity index (χ1) is 12.7. The van der Waals surface area contributed by atoms with Gasteiger partial charge in [-0.05, 0) is 18.9 Å². The lowest BCUT2D eigenvalue weighted by molar-refractivity contribution is -0.129. The number of rotatable bonds is 18. The molecule has 0 rings (SSSR count). The summed E-state index contributed by atoms with van der Waals surface area (Å²) in [5.74, 6) is -1.11. The lowest BCUT2D eigenvalue weighted by Crippen LogP contribution is -2.31. The van der Waals surface area contributed by atoms with Crippen molar-refractivity contribution in [2.45, 2.75) is 110 Å². The van der Waals surface area contributed by atoms with Crippen LogP contribution in [-0.2, 0) is 9.59 Å². The van der Waals surface area contributed by atoms with Gasteiger partial charge in [0.15, 0.2) is 0 Å². The van der Waals surface area contributed by atoms with Gasteiger partial charge < -0.3 is 5.11 Å². The van der Waals surface area contributed by atoms with Gasteiger partial charge in [0.25, 0.3) is 5.91 Å². The van der Waals surface area contributed by atoms with Crippen LogP contribution in [0.25, 0.3) is 0 Å². The molecule has 0 bridgehead atoms. The number of imide groups is 1. The second-order valence-corrected chi connectivity index (χ2v) is 7.21. The quantitative estimate of drug-likeness (QED) is 0.250. The Morgan fingerprint density at radius 3 is 1.58 bits per heavy atom. The first-order valence-corrected chi connectivity index (χ1v) is 10.8. The molecule has 4 nitrogen and oxygen atoms in total. The van der Waals surface area contributed by atoms with Crippen molar-refractivity contribution < 1.29 is 14.7 Å². The fraction of sp³-hybridized carbons (Fsp3) is 0.818. The maximum absolute atomic E-state index is 11.2. The summed E-state index contributed by atoms with van der Waals surface area (Å²) >= 11 is 0. The summed E-state index contributed by atoms with van der Waals surface area (Å²) in [7, 11) is 0. The Balaban J connectivity index is 3.20. The van der Waals surface area contributed by atoms with E-state index in [1.165, 1.54) is 96.0 Å². The number of amides is 2. The Labute approximate surface area is 160 Å². The third kappa shape index (κ3) is 19.2. The zero-order chi connectivity index (χ0) is 19.3. The van der Waals surface area contributed by atoms with E-state index in [2.05, 4.69) is 12.2 Å². The predicted octanol–water partition coefficient (Wildman–Crippen LogP) is 5.44. The maximum atomic E-state index is 11.2.